The van der Waals surface area contributed by atoms with E-state index in [1.807, 2.05) is 21.7 Å². The summed E-state index contributed by atoms with van der Waals surface area (Å²) in [5, 5.41) is 0.878. The Morgan fingerprint density at radius 2 is 1.54 bits per heavy atom. The van der Waals surface area contributed by atoms with E-state index in [2.05, 4.69) is 44.0 Å². The van der Waals surface area contributed by atoms with Gasteiger partial charge in [-0.15, -0.1) is 0 Å². The number of nitrogens with zero attached hydrogens (tertiary/aromatic N) is 8. The summed E-state index contributed by atoms with van der Waals surface area (Å²) in [7, 11) is 0. The largest absolute Gasteiger partial charge is 0.390 e. The van der Waals surface area contributed by atoms with Crippen molar-refractivity contribution in [2.24, 2.45) is 0 Å². The number of benzene rings is 1. The molecule has 2 aliphatic heterocycles. The van der Waals surface area contributed by atoms with Gasteiger partial charge in [0.25, 0.3) is 0 Å². The zero-order valence-corrected chi connectivity index (χ0v) is 22.6. The monoisotopic (exact) mass is 567 g/mol. The molecule has 10 nitrogen and oxygen atoms in total. The van der Waals surface area contributed by atoms with Crippen molar-refractivity contribution in [3.05, 3.63) is 54.5 Å². The number of piperazine rings is 1. The second kappa shape index (κ2) is 11.6. The van der Waals surface area contributed by atoms with Crippen LogP contribution in [-0.2, 0) is 11.3 Å². The first-order valence-electron chi connectivity index (χ1n) is 13.7. The van der Waals surface area contributed by atoms with Gasteiger partial charge in [-0.25, -0.2) is 15.0 Å². The molecule has 1 aromatic carbocycles. The highest BCUT2D eigenvalue weighted by molar-refractivity contribution is 5.92. The Morgan fingerprint density at radius 3 is 2.22 bits per heavy atom. The van der Waals surface area contributed by atoms with Gasteiger partial charge in [-0.3, -0.25) is 4.90 Å². The second-order valence-corrected chi connectivity index (χ2v) is 10.4. The number of nitrogen functional groups attached to an aromatic ring is 1. The van der Waals surface area contributed by atoms with Crippen molar-refractivity contribution in [1.29, 1.82) is 0 Å². The normalized spacial score (nSPS) is 17.4. The van der Waals surface area contributed by atoms with Crippen LogP contribution in [0.1, 0.15) is 12.0 Å². The number of halogens is 3. The van der Waals surface area contributed by atoms with E-state index >= 15 is 0 Å². The Morgan fingerprint density at radius 1 is 0.854 bits per heavy atom. The quantitative estimate of drug-likeness (QED) is 0.360. The Labute approximate surface area is 235 Å². The van der Waals surface area contributed by atoms with Gasteiger partial charge in [0.05, 0.1) is 25.3 Å². The zero-order chi connectivity index (χ0) is 28.4. The highest BCUT2D eigenvalue weighted by Gasteiger charge is 2.28. The molecule has 0 aliphatic carbocycles. The molecule has 0 radical (unpaired) electrons. The molecule has 2 N–H and O–H groups in total. The van der Waals surface area contributed by atoms with Crippen LogP contribution >= 0.6 is 0 Å². The lowest BCUT2D eigenvalue weighted by Crippen LogP contribution is -2.46. The van der Waals surface area contributed by atoms with Crippen LogP contribution in [0, 0.1) is 0 Å². The number of hydrogen-bond acceptors (Lipinski definition) is 9. The first-order valence-corrected chi connectivity index (χ1v) is 13.7. The molecule has 0 spiro atoms. The lowest BCUT2D eigenvalue weighted by atomic mass is 10.1. The topological polar surface area (TPSA) is 101 Å². The van der Waals surface area contributed by atoms with E-state index in [1.54, 1.807) is 12.4 Å². The first-order chi connectivity index (χ1) is 19.8. The fourth-order valence-electron chi connectivity index (χ4n) is 5.27. The zero-order valence-electron chi connectivity index (χ0n) is 22.6. The third kappa shape index (κ3) is 6.42. The maximum Gasteiger partial charge on any atom is 0.390 e. The number of hydrogen-bond donors (Lipinski definition) is 1. The van der Waals surface area contributed by atoms with Crippen LogP contribution in [0.2, 0.25) is 0 Å². The maximum absolute atomic E-state index is 12.5. The minimum Gasteiger partial charge on any atom is -0.378 e. The molecule has 2 fully saturated rings. The molecular formula is C28H32F3N9O. The van der Waals surface area contributed by atoms with E-state index in [-0.39, 0.29) is 12.5 Å². The van der Waals surface area contributed by atoms with Gasteiger partial charge < -0.3 is 24.8 Å². The van der Waals surface area contributed by atoms with Gasteiger partial charge in [0, 0.05) is 87.6 Å². The van der Waals surface area contributed by atoms with Crippen LogP contribution < -0.4 is 10.6 Å². The van der Waals surface area contributed by atoms with Crippen molar-refractivity contribution >= 4 is 22.9 Å². The summed E-state index contributed by atoms with van der Waals surface area (Å²) in [5.74, 6) is 0.826. The molecule has 2 saturated heterocycles. The molecule has 216 valence electrons. The lowest BCUT2D eigenvalue weighted by Gasteiger charge is -2.34. The third-order valence-corrected chi connectivity index (χ3v) is 7.57. The Hall–Kier alpha value is -3.81. The molecular weight excluding hydrogens is 535 g/mol. The minimum absolute atomic E-state index is 0.0702. The summed E-state index contributed by atoms with van der Waals surface area (Å²) < 4.78 is 45.2. The second-order valence-electron chi connectivity index (χ2n) is 10.4. The van der Waals surface area contributed by atoms with Gasteiger partial charge in [0.15, 0.2) is 5.65 Å². The van der Waals surface area contributed by atoms with Gasteiger partial charge in [0.1, 0.15) is 0 Å². The SMILES string of the molecule is Nc1ncc(-c2nc(N3CCOCC3)nc3c2ccn3-c2ccc(CN3CCN(CCC(F)(F)F)CC3)cc2)cn1. The number of aromatic nitrogens is 5. The molecule has 0 saturated carbocycles. The van der Waals surface area contributed by atoms with Crippen molar-refractivity contribution in [2.75, 3.05) is 69.7 Å². The molecule has 3 aromatic heterocycles. The van der Waals surface area contributed by atoms with Crippen LogP contribution in [0.25, 0.3) is 28.0 Å². The Kier molecular flexibility index (Phi) is 7.73. The van der Waals surface area contributed by atoms with Crippen LogP contribution in [0.3, 0.4) is 0 Å². The molecule has 0 bridgehead atoms. The molecule has 4 aromatic rings. The van der Waals surface area contributed by atoms with Crippen molar-refractivity contribution < 1.29 is 17.9 Å². The number of morpholine rings is 1. The van der Waals surface area contributed by atoms with E-state index in [0.717, 1.165) is 53.2 Å². The first kappa shape index (κ1) is 27.4. The van der Waals surface area contributed by atoms with E-state index < -0.39 is 12.6 Å². The van der Waals surface area contributed by atoms with Crippen molar-refractivity contribution in [1.82, 2.24) is 34.3 Å². The molecule has 6 rings (SSSR count). The summed E-state index contributed by atoms with van der Waals surface area (Å²) in [6.45, 7) is 6.27. The number of fused-ring (bicyclic) bond motifs is 1. The average molecular weight is 568 g/mol. The molecule has 13 heteroatoms. The van der Waals surface area contributed by atoms with Gasteiger partial charge >= 0.3 is 6.18 Å². The summed E-state index contributed by atoms with van der Waals surface area (Å²) in [5.41, 5.74) is 10.1. The molecule has 5 heterocycles. The molecule has 0 atom stereocenters. The number of ether oxygens (including phenoxy) is 1. The Bertz CT molecular complexity index is 1460. The highest BCUT2D eigenvalue weighted by Crippen LogP contribution is 2.31. The minimum atomic E-state index is -4.11. The fourth-order valence-corrected chi connectivity index (χ4v) is 5.27. The van der Waals surface area contributed by atoms with E-state index in [4.69, 9.17) is 20.4 Å². The standard InChI is InChI=1S/C28H32F3N9O/c29-28(30,31)6-8-37-9-11-38(12-10-37)19-20-1-3-22(4-2-20)40-7-5-23-24(21-17-33-26(32)34-18-21)35-27(36-25(23)40)39-13-15-41-16-14-39/h1-5,7,17-18H,6,8-16,19H2,(H2,32,33,34). The molecule has 41 heavy (non-hydrogen) atoms. The van der Waals surface area contributed by atoms with Crippen molar-refractivity contribution in [2.45, 2.75) is 19.1 Å². The molecule has 0 unspecified atom stereocenters. The van der Waals surface area contributed by atoms with E-state index in [1.165, 1.54) is 0 Å². The van der Waals surface area contributed by atoms with Gasteiger partial charge in [-0.1, -0.05) is 12.1 Å². The van der Waals surface area contributed by atoms with Gasteiger partial charge in [-0.05, 0) is 23.8 Å². The predicted molar refractivity (Wildman–Crippen MR) is 150 cm³/mol. The van der Waals surface area contributed by atoms with Crippen LogP contribution in [0.4, 0.5) is 25.1 Å². The molecule has 2 aliphatic rings. The number of rotatable bonds is 7. The van der Waals surface area contributed by atoms with Crippen molar-refractivity contribution in [3.8, 4) is 16.9 Å². The van der Waals surface area contributed by atoms with Crippen LogP contribution in [-0.4, -0.2) is 99.5 Å². The summed E-state index contributed by atoms with van der Waals surface area (Å²) >= 11 is 0. The van der Waals surface area contributed by atoms with Crippen LogP contribution in [0.5, 0.6) is 0 Å². The smallest absolute Gasteiger partial charge is 0.378 e. The van der Waals surface area contributed by atoms with Gasteiger partial charge in [-0.2, -0.15) is 18.2 Å². The highest BCUT2D eigenvalue weighted by atomic mass is 19.4. The van der Waals surface area contributed by atoms with Gasteiger partial charge in [0.2, 0.25) is 11.9 Å². The summed E-state index contributed by atoms with van der Waals surface area (Å²) in [4.78, 5) is 24.5. The maximum atomic E-state index is 12.5. The average Bonchev–Trinajstić information content (AvgIpc) is 3.41. The van der Waals surface area contributed by atoms with E-state index in [0.29, 0.717) is 45.3 Å². The Balaban J connectivity index is 1.21. The van der Waals surface area contributed by atoms with E-state index in [9.17, 15) is 13.2 Å². The fraction of sp³-hybridized carbons (Fsp3) is 0.429. The number of nitrogens with two attached hydrogens (primary N) is 1. The number of alkyl halides is 3. The summed E-state index contributed by atoms with van der Waals surface area (Å²) in [6, 6.07) is 10.3. The predicted octanol–water partition coefficient (Wildman–Crippen LogP) is 3.37. The summed E-state index contributed by atoms with van der Waals surface area (Å²) in [6.07, 6.45) is 0.479. The lowest BCUT2D eigenvalue weighted by molar-refractivity contribution is -0.138. The van der Waals surface area contributed by atoms with Crippen molar-refractivity contribution in [3.63, 3.8) is 0 Å². The van der Waals surface area contributed by atoms with Crippen LogP contribution in [0.15, 0.2) is 48.9 Å². The number of anilines is 2. The third-order valence-electron chi connectivity index (χ3n) is 7.57. The molecule has 0 amide bonds.